The highest BCUT2D eigenvalue weighted by Crippen LogP contribution is 2.58. The predicted octanol–water partition coefficient (Wildman–Crippen LogP) is 3.86. The van der Waals surface area contributed by atoms with Crippen LogP contribution in [-0.4, -0.2) is 23.5 Å². The van der Waals surface area contributed by atoms with Crippen molar-refractivity contribution in [2.24, 2.45) is 17.8 Å². The molecule has 2 heteroatoms. The van der Waals surface area contributed by atoms with Gasteiger partial charge in [0, 0.05) is 5.54 Å². The minimum atomic E-state index is 0. The molecule has 0 N–H and O–H groups in total. The van der Waals surface area contributed by atoms with Gasteiger partial charge in [-0.15, -0.1) is 12.4 Å². The zero-order chi connectivity index (χ0) is 10.6. The molecule has 17 heavy (non-hydrogen) atoms. The molecule has 1 nitrogen and oxygen atoms in total. The Morgan fingerprint density at radius 3 is 1.65 bits per heavy atom. The molecule has 0 aromatic rings. The van der Waals surface area contributed by atoms with Gasteiger partial charge in [-0.1, -0.05) is 6.42 Å². The lowest BCUT2D eigenvalue weighted by molar-refractivity contribution is -0.0941. The van der Waals surface area contributed by atoms with Crippen LogP contribution >= 0.6 is 12.4 Å². The number of likely N-dealkylation sites (tertiary alicyclic amines) is 1. The fourth-order valence-electron chi connectivity index (χ4n) is 5.82. The van der Waals surface area contributed by atoms with Gasteiger partial charge in [-0.3, -0.25) is 4.90 Å². The van der Waals surface area contributed by atoms with Crippen LogP contribution in [0.25, 0.3) is 0 Å². The van der Waals surface area contributed by atoms with E-state index in [9.17, 15) is 0 Å². The minimum Gasteiger partial charge on any atom is -0.298 e. The number of nitrogens with zero attached hydrogens (tertiary/aromatic N) is 1. The zero-order valence-electron chi connectivity index (χ0n) is 10.9. The quantitative estimate of drug-likeness (QED) is 0.688. The summed E-state index contributed by atoms with van der Waals surface area (Å²) in [5, 5.41) is 0. The Bertz CT molecular complexity index is 247. The van der Waals surface area contributed by atoms with Gasteiger partial charge in [-0.2, -0.15) is 0 Å². The minimum absolute atomic E-state index is 0. The number of piperidine rings is 1. The smallest absolute Gasteiger partial charge is 0.0217 e. The third-order valence-electron chi connectivity index (χ3n) is 6.03. The Morgan fingerprint density at radius 1 is 0.706 bits per heavy atom. The van der Waals surface area contributed by atoms with Crippen molar-refractivity contribution in [3.05, 3.63) is 0 Å². The molecule has 0 amide bonds. The van der Waals surface area contributed by atoms with Gasteiger partial charge in [0.15, 0.2) is 0 Å². The Kier molecular flexibility index (Phi) is 3.19. The highest BCUT2D eigenvalue weighted by Gasteiger charge is 2.53. The Hall–Kier alpha value is 0.250. The van der Waals surface area contributed by atoms with Gasteiger partial charge in [0.25, 0.3) is 0 Å². The van der Waals surface area contributed by atoms with Crippen molar-refractivity contribution in [1.82, 2.24) is 4.90 Å². The van der Waals surface area contributed by atoms with E-state index in [1.807, 2.05) is 0 Å². The van der Waals surface area contributed by atoms with Crippen molar-refractivity contribution < 1.29 is 0 Å². The summed E-state index contributed by atoms with van der Waals surface area (Å²) in [5.41, 5.74) is 0.704. The molecule has 4 bridgehead atoms. The molecular formula is C15H26ClN. The summed E-state index contributed by atoms with van der Waals surface area (Å²) in [6.07, 6.45) is 13.9. The molecule has 0 atom stereocenters. The SMILES string of the molecule is C1CCN(C23CC4CC(CC(C4)C2)C3)CC1.Cl. The van der Waals surface area contributed by atoms with E-state index in [1.165, 1.54) is 32.4 Å². The molecule has 5 rings (SSSR count). The Morgan fingerprint density at radius 2 is 1.18 bits per heavy atom. The van der Waals surface area contributed by atoms with Gasteiger partial charge in [-0.25, -0.2) is 0 Å². The predicted molar refractivity (Wildman–Crippen MR) is 73.6 cm³/mol. The topological polar surface area (TPSA) is 3.24 Å². The summed E-state index contributed by atoms with van der Waals surface area (Å²) in [4.78, 5) is 2.93. The number of hydrogen-bond donors (Lipinski definition) is 0. The number of hydrogen-bond acceptors (Lipinski definition) is 1. The summed E-state index contributed by atoms with van der Waals surface area (Å²) in [6.45, 7) is 2.85. The van der Waals surface area contributed by atoms with Crippen LogP contribution in [0.3, 0.4) is 0 Å². The highest BCUT2D eigenvalue weighted by atomic mass is 35.5. The van der Waals surface area contributed by atoms with Crippen molar-refractivity contribution >= 4 is 12.4 Å². The van der Waals surface area contributed by atoms with E-state index in [4.69, 9.17) is 0 Å². The van der Waals surface area contributed by atoms with E-state index < -0.39 is 0 Å². The van der Waals surface area contributed by atoms with E-state index in [0.29, 0.717) is 5.54 Å². The van der Waals surface area contributed by atoms with E-state index in [2.05, 4.69) is 4.90 Å². The van der Waals surface area contributed by atoms with Crippen molar-refractivity contribution in [2.75, 3.05) is 13.1 Å². The van der Waals surface area contributed by atoms with E-state index in [0.717, 1.165) is 17.8 Å². The van der Waals surface area contributed by atoms with Crippen LogP contribution < -0.4 is 0 Å². The second-order valence-corrected chi connectivity index (χ2v) is 7.19. The fraction of sp³-hybridized carbons (Fsp3) is 1.00. The van der Waals surface area contributed by atoms with E-state index in [-0.39, 0.29) is 12.4 Å². The first-order chi connectivity index (χ1) is 7.84. The lowest BCUT2D eigenvalue weighted by Gasteiger charge is -2.61. The molecule has 0 aromatic carbocycles. The van der Waals surface area contributed by atoms with Crippen LogP contribution in [0.1, 0.15) is 57.8 Å². The first kappa shape index (κ1) is 12.3. The van der Waals surface area contributed by atoms with Crippen molar-refractivity contribution in [3.8, 4) is 0 Å². The largest absolute Gasteiger partial charge is 0.298 e. The van der Waals surface area contributed by atoms with Gasteiger partial charge >= 0.3 is 0 Å². The van der Waals surface area contributed by atoms with Crippen LogP contribution in [0.5, 0.6) is 0 Å². The van der Waals surface area contributed by atoms with E-state index >= 15 is 0 Å². The summed E-state index contributed by atoms with van der Waals surface area (Å²) >= 11 is 0. The number of rotatable bonds is 1. The second kappa shape index (κ2) is 4.42. The molecule has 0 radical (unpaired) electrons. The summed E-state index contributed by atoms with van der Waals surface area (Å²) in [7, 11) is 0. The first-order valence-electron chi connectivity index (χ1n) is 7.59. The molecular weight excluding hydrogens is 230 g/mol. The van der Waals surface area contributed by atoms with Crippen LogP contribution in [0, 0.1) is 17.8 Å². The molecule has 1 heterocycles. The van der Waals surface area contributed by atoms with Crippen LogP contribution in [0.4, 0.5) is 0 Å². The Labute approximate surface area is 112 Å². The van der Waals surface area contributed by atoms with Crippen molar-refractivity contribution in [3.63, 3.8) is 0 Å². The zero-order valence-corrected chi connectivity index (χ0v) is 11.7. The van der Waals surface area contributed by atoms with Gasteiger partial charge in [0.2, 0.25) is 0 Å². The van der Waals surface area contributed by atoms with Crippen molar-refractivity contribution in [2.45, 2.75) is 63.3 Å². The summed E-state index contributed by atoms with van der Waals surface area (Å²) in [5.74, 6) is 3.36. The maximum atomic E-state index is 2.93. The number of halogens is 1. The Balaban J connectivity index is 0.000000902. The van der Waals surface area contributed by atoms with Crippen molar-refractivity contribution in [1.29, 1.82) is 0 Å². The third kappa shape index (κ3) is 1.94. The molecule has 4 saturated carbocycles. The molecule has 98 valence electrons. The fourth-order valence-corrected chi connectivity index (χ4v) is 5.82. The maximum Gasteiger partial charge on any atom is 0.0217 e. The second-order valence-electron chi connectivity index (χ2n) is 7.19. The van der Waals surface area contributed by atoms with Gasteiger partial charge in [-0.05, 0) is 82.2 Å². The standard InChI is InChI=1S/C15H25N.ClH/c1-2-4-16(5-3-1)15-9-12-6-13(10-15)8-14(7-12)11-15;/h12-14H,1-11H2;1H. The van der Waals surface area contributed by atoms with Gasteiger partial charge < -0.3 is 0 Å². The average Bonchev–Trinajstić information content (AvgIpc) is 2.28. The van der Waals surface area contributed by atoms with Crippen LogP contribution in [0.2, 0.25) is 0 Å². The first-order valence-corrected chi connectivity index (χ1v) is 7.59. The molecule has 1 aliphatic heterocycles. The highest BCUT2D eigenvalue weighted by molar-refractivity contribution is 5.85. The maximum absolute atomic E-state index is 2.93. The molecule has 5 fully saturated rings. The molecule has 4 aliphatic carbocycles. The summed E-state index contributed by atoms with van der Waals surface area (Å²) < 4.78 is 0. The molecule has 5 aliphatic rings. The normalized spacial score (nSPS) is 49.1. The molecule has 0 unspecified atom stereocenters. The van der Waals surface area contributed by atoms with Gasteiger partial charge in [0.1, 0.15) is 0 Å². The van der Waals surface area contributed by atoms with E-state index in [1.54, 1.807) is 38.5 Å². The van der Waals surface area contributed by atoms with Crippen LogP contribution in [-0.2, 0) is 0 Å². The van der Waals surface area contributed by atoms with Gasteiger partial charge in [0.05, 0.1) is 0 Å². The molecule has 0 spiro atoms. The lowest BCUT2D eigenvalue weighted by Crippen LogP contribution is -2.60. The summed E-state index contributed by atoms with van der Waals surface area (Å²) in [6, 6.07) is 0. The monoisotopic (exact) mass is 255 g/mol. The average molecular weight is 256 g/mol. The van der Waals surface area contributed by atoms with Crippen LogP contribution in [0.15, 0.2) is 0 Å². The third-order valence-corrected chi connectivity index (χ3v) is 6.03. The molecule has 1 saturated heterocycles. The molecule has 0 aromatic heterocycles. The lowest BCUT2D eigenvalue weighted by atomic mass is 9.52.